The predicted molar refractivity (Wildman–Crippen MR) is 97.7 cm³/mol. The fourth-order valence-corrected chi connectivity index (χ4v) is 3.27. The highest BCUT2D eigenvalue weighted by atomic mass is 32.2. The molecule has 0 bridgehead atoms. The van der Waals surface area contributed by atoms with Crippen molar-refractivity contribution in [3.05, 3.63) is 59.9 Å². The molecule has 0 radical (unpaired) electrons. The van der Waals surface area contributed by atoms with Crippen molar-refractivity contribution in [3.8, 4) is 0 Å². The number of nitrogens with one attached hydrogen (secondary N) is 1. The van der Waals surface area contributed by atoms with Crippen LogP contribution in [0.2, 0.25) is 0 Å². The van der Waals surface area contributed by atoms with Crippen molar-refractivity contribution in [1.82, 2.24) is 0 Å². The van der Waals surface area contributed by atoms with Crippen molar-refractivity contribution >= 4 is 27.3 Å². The lowest BCUT2D eigenvalue weighted by Crippen LogP contribution is -2.33. The molecular formula is C18H21FN2O3S. The molecule has 1 amide bonds. The summed E-state index contributed by atoms with van der Waals surface area (Å²) in [6, 6.07) is 12.6. The van der Waals surface area contributed by atoms with E-state index in [1.807, 2.05) is 31.2 Å². The maximum absolute atomic E-state index is 13.0. The van der Waals surface area contributed by atoms with Gasteiger partial charge in [-0.25, -0.2) is 12.8 Å². The third kappa shape index (κ3) is 5.56. The zero-order chi connectivity index (χ0) is 18.4. The van der Waals surface area contributed by atoms with Crippen molar-refractivity contribution in [3.63, 3.8) is 0 Å². The molecule has 1 N–H and O–H groups in total. The van der Waals surface area contributed by atoms with Crippen LogP contribution in [0.5, 0.6) is 0 Å². The number of amides is 1. The van der Waals surface area contributed by atoms with Crippen LogP contribution in [-0.2, 0) is 21.2 Å². The first kappa shape index (κ1) is 18.9. The van der Waals surface area contributed by atoms with Gasteiger partial charge in [-0.2, -0.15) is 0 Å². The summed E-state index contributed by atoms with van der Waals surface area (Å²) in [5, 5.41) is 2.74. The number of hydrogen-bond donors (Lipinski definition) is 1. The molecule has 2 aromatic carbocycles. The van der Waals surface area contributed by atoms with E-state index in [0.29, 0.717) is 11.4 Å². The quantitative estimate of drug-likeness (QED) is 0.820. The summed E-state index contributed by atoms with van der Waals surface area (Å²) in [5.74, 6) is -0.745. The number of aryl methyl sites for hydroxylation is 1. The van der Waals surface area contributed by atoms with Crippen molar-refractivity contribution in [2.24, 2.45) is 0 Å². The van der Waals surface area contributed by atoms with Crippen LogP contribution < -0.4 is 9.62 Å². The average molecular weight is 364 g/mol. The van der Waals surface area contributed by atoms with Crippen molar-refractivity contribution in [2.75, 3.05) is 22.4 Å². The van der Waals surface area contributed by atoms with Crippen molar-refractivity contribution < 1.29 is 17.6 Å². The van der Waals surface area contributed by atoms with Crippen LogP contribution >= 0.6 is 0 Å². The Hall–Kier alpha value is -2.41. The number of nitrogens with zero attached hydrogens (tertiary/aromatic N) is 1. The van der Waals surface area contributed by atoms with E-state index in [1.54, 1.807) is 0 Å². The molecule has 0 saturated heterocycles. The van der Waals surface area contributed by atoms with Gasteiger partial charge in [-0.3, -0.25) is 9.10 Å². The second kappa shape index (κ2) is 8.11. The summed E-state index contributed by atoms with van der Waals surface area (Å²) in [6.07, 6.45) is 1.95. The van der Waals surface area contributed by atoms with E-state index in [9.17, 15) is 17.6 Å². The highest BCUT2D eigenvalue weighted by Crippen LogP contribution is 2.18. The summed E-state index contributed by atoms with van der Waals surface area (Å²) in [4.78, 5) is 12.1. The molecule has 0 saturated carbocycles. The third-order valence-corrected chi connectivity index (χ3v) is 4.90. The second-order valence-corrected chi connectivity index (χ2v) is 7.57. The van der Waals surface area contributed by atoms with Gasteiger partial charge in [0.05, 0.1) is 11.9 Å². The van der Waals surface area contributed by atoms with Gasteiger partial charge >= 0.3 is 0 Å². The van der Waals surface area contributed by atoms with Crippen LogP contribution in [0.3, 0.4) is 0 Å². The summed E-state index contributed by atoms with van der Waals surface area (Å²) in [5.41, 5.74) is 2.15. The van der Waals surface area contributed by atoms with Gasteiger partial charge in [0.15, 0.2) is 0 Å². The first-order valence-corrected chi connectivity index (χ1v) is 9.76. The van der Waals surface area contributed by atoms with Gasteiger partial charge in [-0.1, -0.05) is 19.1 Å². The molecule has 0 atom stereocenters. The molecule has 0 aliphatic carbocycles. The normalized spacial score (nSPS) is 11.2. The molecule has 5 nitrogen and oxygen atoms in total. The zero-order valence-electron chi connectivity index (χ0n) is 14.2. The van der Waals surface area contributed by atoms with E-state index >= 15 is 0 Å². The summed E-state index contributed by atoms with van der Waals surface area (Å²) in [7, 11) is -3.58. The molecular weight excluding hydrogens is 343 g/mol. The zero-order valence-corrected chi connectivity index (χ0v) is 15.0. The van der Waals surface area contributed by atoms with Gasteiger partial charge in [-0.05, 0) is 48.4 Å². The number of hydrogen-bond acceptors (Lipinski definition) is 3. The number of halogens is 1. The van der Waals surface area contributed by atoms with Gasteiger partial charge in [0.2, 0.25) is 15.9 Å². The highest BCUT2D eigenvalue weighted by Gasteiger charge is 2.18. The largest absolute Gasteiger partial charge is 0.326 e. The number of anilines is 2. The van der Waals surface area contributed by atoms with Crippen LogP contribution in [0, 0.1) is 5.82 Å². The molecule has 0 aliphatic rings. The van der Waals surface area contributed by atoms with E-state index in [-0.39, 0.29) is 18.9 Å². The Labute approximate surface area is 147 Å². The predicted octanol–water partition coefficient (Wildman–Crippen LogP) is 3.18. The first-order chi connectivity index (χ1) is 11.8. The van der Waals surface area contributed by atoms with E-state index in [4.69, 9.17) is 0 Å². The fraction of sp³-hybridized carbons (Fsp3) is 0.278. The molecule has 0 aromatic heterocycles. The second-order valence-electron chi connectivity index (χ2n) is 5.66. The molecule has 0 spiro atoms. The summed E-state index contributed by atoms with van der Waals surface area (Å²) in [6.45, 7) is 2.02. The maximum atomic E-state index is 13.0. The first-order valence-electron chi connectivity index (χ1n) is 7.91. The van der Waals surface area contributed by atoms with Crippen LogP contribution in [0.25, 0.3) is 0 Å². The van der Waals surface area contributed by atoms with Gasteiger partial charge in [0, 0.05) is 18.7 Å². The Kier molecular flexibility index (Phi) is 6.14. The smallest absolute Gasteiger partial charge is 0.232 e. The number of carbonyl (C=O) groups excluding carboxylic acids is 1. The van der Waals surface area contributed by atoms with Crippen LogP contribution in [0.1, 0.15) is 18.9 Å². The monoisotopic (exact) mass is 364 g/mol. The van der Waals surface area contributed by atoms with Gasteiger partial charge in [-0.15, -0.1) is 0 Å². The Morgan fingerprint density at radius 3 is 2.20 bits per heavy atom. The third-order valence-electron chi connectivity index (χ3n) is 3.70. The van der Waals surface area contributed by atoms with E-state index in [0.717, 1.165) is 22.5 Å². The van der Waals surface area contributed by atoms with Gasteiger partial charge in [0.1, 0.15) is 5.82 Å². The van der Waals surface area contributed by atoms with E-state index < -0.39 is 15.8 Å². The molecule has 0 fully saturated rings. The topological polar surface area (TPSA) is 66.5 Å². The van der Waals surface area contributed by atoms with E-state index in [2.05, 4.69) is 5.32 Å². The van der Waals surface area contributed by atoms with Crippen LogP contribution in [-0.4, -0.2) is 27.1 Å². The Morgan fingerprint density at radius 2 is 1.68 bits per heavy atom. The molecule has 134 valence electrons. The Bertz CT molecular complexity index is 818. The number of benzene rings is 2. The summed E-state index contributed by atoms with van der Waals surface area (Å²) >= 11 is 0. The van der Waals surface area contributed by atoms with Crippen LogP contribution in [0.4, 0.5) is 15.8 Å². The minimum Gasteiger partial charge on any atom is -0.326 e. The van der Waals surface area contributed by atoms with Gasteiger partial charge in [0.25, 0.3) is 0 Å². The minimum absolute atomic E-state index is 0.0139. The number of carbonyl (C=O) groups is 1. The molecule has 2 rings (SSSR count). The van der Waals surface area contributed by atoms with Crippen molar-refractivity contribution in [1.29, 1.82) is 0 Å². The Balaban J connectivity index is 2.02. The molecule has 0 unspecified atom stereocenters. The molecule has 0 heterocycles. The highest BCUT2D eigenvalue weighted by molar-refractivity contribution is 7.92. The minimum atomic E-state index is -3.58. The SMILES string of the molecule is CCc1ccc(NC(=O)CCN(c2ccc(F)cc2)S(C)(=O)=O)cc1. The lowest BCUT2D eigenvalue weighted by Gasteiger charge is -2.22. The van der Waals surface area contributed by atoms with E-state index in [1.165, 1.54) is 24.3 Å². The molecule has 2 aromatic rings. The molecule has 25 heavy (non-hydrogen) atoms. The standard InChI is InChI=1S/C18H21FN2O3S/c1-3-14-4-8-16(9-5-14)20-18(22)12-13-21(25(2,23)24)17-10-6-15(19)7-11-17/h4-11H,3,12-13H2,1-2H3,(H,20,22). The van der Waals surface area contributed by atoms with Crippen molar-refractivity contribution in [2.45, 2.75) is 19.8 Å². The summed E-state index contributed by atoms with van der Waals surface area (Å²) < 4.78 is 38.0. The maximum Gasteiger partial charge on any atom is 0.232 e. The van der Waals surface area contributed by atoms with Gasteiger partial charge < -0.3 is 5.32 Å². The molecule has 7 heteroatoms. The molecule has 0 aliphatic heterocycles. The lowest BCUT2D eigenvalue weighted by molar-refractivity contribution is -0.116. The fourth-order valence-electron chi connectivity index (χ4n) is 2.34. The lowest BCUT2D eigenvalue weighted by atomic mass is 10.1. The number of sulfonamides is 1. The Morgan fingerprint density at radius 1 is 1.08 bits per heavy atom. The average Bonchev–Trinajstić information content (AvgIpc) is 2.56. The number of rotatable bonds is 7. The van der Waals surface area contributed by atoms with Crippen LogP contribution in [0.15, 0.2) is 48.5 Å².